The van der Waals surface area contributed by atoms with Crippen LogP contribution >= 0.6 is 0 Å². The van der Waals surface area contributed by atoms with Crippen molar-refractivity contribution in [2.45, 2.75) is 13.0 Å². The van der Waals surface area contributed by atoms with E-state index in [-0.39, 0.29) is 29.9 Å². The summed E-state index contributed by atoms with van der Waals surface area (Å²) < 4.78 is 16.1. The van der Waals surface area contributed by atoms with Crippen LogP contribution in [0.4, 0.5) is 0 Å². The highest BCUT2D eigenvalue weighted by Crippen LogP contribution is 2.30. The van der Waals surface area contributed by atoms with E-state index in [2.05, 4.69) is 0 Å². The molecule has 1 heterocycles. The van der Waals surface area contributed by atoms with E-state index in [9.17, 15) is 9.59 Å². The lowest BCUT2D eigenvalue weighted by molar-refractivity contribution is -0.140. The fourth-order valence-corrected chi connectivity index (χ4v) is 2.29. The van der Waals surface area contributed by atoms with Crippen LogP contribution in [-0.4, -0.2) is 56.2 Å². The third-order valence-corrected chi connectivity index (χ3v) is 3.40. The molecule has 7 heteroatoms. The number of rotatable bonds is 5. The van der Waals surface area contributed by atoms with Crippen LogP contribution in [0.3, 0.4) is 0 Å². The predicted octanol–water partition coefficient (Wildman–Crippen LogP) is 0.420. The Hall–Kier alpha value is -2.28. The van der Waals surface area contributed by atoms with Crippen molar-refractivity contribution in [2.24, 2.45) is 5.73 Å². The molecule has 120 valence electrons. The van der Waals surface area contributed by atoms with Gasteiger partial charge in [-0.15, -0.1) is 0 Å². The van der Waals surface area contributed by atoms with Gasteiger partial charge in [-0.25, -0.2) is 0 Å². The fourth-order valence-electron chi connectivity index (χ4n) is 2.29. The molecule has 0 saturated carbocycles. The summed E-state index contributed by atoms with van der Waals surface area (Å²) in [7, 11) is 1.46. The lowest BCUT2D eigenvalue weighted by atomic mass is 10.2. The van der Waals surface area contributed by atoms with E-state index in [1.807, 2.05) is 6.92 Å². The normalized spacial score (nSPS) is 17.9. The monoisotopic (exact) mass is 308 g/mol. The van der Waals surface area contributed by atoms with Crippen molar-refractivity contribution >= 4 is 11.8 Å². The van der Waals surface area contributed by atoms with Crippen molar-refractivity contribution in [3.63, 3.8) is 0 Å². The van der Waals surface area contributed by atoms with Crippen LogP contribution in [0.1, 0.15) is 17.3 Å². The first-order valence-electron chi connectivity index (χ1n) is 7.02. The highest BCUT2D eigenvalue weighted by Gasteiger charge is 2.23. The Morgan fingerprint density at radius 3 is 2.86 bits per heavy atom. The fraction of sp³-hybridized carbons (Fsp3) is 0.467. The Labute approximate surface area is 128 Å². The minimum atomic E-state index is -0.638. The van der Waals surface area contributed by atoms with Crippen molar-refractivity contribution in [3.8, 4) is 11.5 Å². The van der Waals surface area contributed by atoms with Crippen molar-refractivity contribution in [1.82, 2.24) is 4.90 Å². The van der Waals surface area contributed by atoms with Crippen LogP contribution in [0, 0.1) is 0 Å². The molecule has 2 rings (SSSR count). The van der Waals surface area contributed by atoms with Crippen molar-refractivity contribution in [2.75, 3.05) is 33.4 Å². The molecule has 1 aromatic rings. The van der Waals surface area contributed by atoms with E-state index >= 15 is 0 Å². The number of hydrogen-bond acceptors (Lipinski definition) is 5. The second-order valence-corrected chi connectivity index (χ2v) is 5.01. The largest absolute Gasteiger partial charge is 0.493 e. The van der Waals surface area contributed by atoms with Gasteiger partial charge in [0.2, 0.25) is 0 Å². The summed E-state index contributed by atoms with van der Waals surface area (Å²) in [6.45, 7) is 3.28. The van der Waals surface area contributed by atoms with Gasteiger partial charge in [0.1, 0.15) is 0 Å². The minimum Gasteiger partial charge on any atom is -0.493 e. The molecule has 1 aliphatic heterocycles. The summed E-state index contributed by atoms with van der Waals surface area (Å²) in [6, 6.07) is 4.81. The molecule has 1 saturated heterocycles. The Morgan fingerprint density at radius 2 is 2.23 bits per heavy atom. The van der Waals surface area contributed by atoms with Gasteiger partial charge < -0.3 is 24.8 Å². The van der Waals surface area contributed by atoms with E-state index in [4.69, 9.17) is 19.9 Å². The highest BCUT2D eigenvalue weighted by molar-refractivity contribution is 5.96. The number of benzene rings is 1. The lowest BCUT2D eigenvalue weighted by Crippen LogP contribution is -2.46. The van der Waals surface area contributed by atoms with Crippen LogP contribution < -0.4 is 15.2 Å². The van der Waals surface area contributed by atoms with E-state index in [0.29, 0.717) is 25.4 Å². The molecule has 0 unspecified atom stereocenters. The van der Waals surface area contributed by atoms with Crippen LogP contribution in [0.25, 0.3) is 0 Å². The predicted molar refractivity (Wildman–Crippen MR) is 79.0 cm³/mol. The lowest BCUT2D eigenvalue weighted by Gasteiger charge is -2.31. The standard InChI is InChI=1S/C15H20N2O5/c1-10-8-17(6-7-21-10)13(18)9-22-14-11(15(16)19)4-3-5-12(14)20-2/h3-5,10H,6-9H2,1-2H3,(H2,16,19)/t10-/m0/s1. The maximum absolute atomic E-state index is 12.2. The number of carbonyl (C=O) groups is 2. The van der Waals surface area contributed by atoms with Crippen molar-refractivity contribution in [1.29, 1.82) is 0 Å². The molecule has 0 radical (unpaired) electrons. The quantitative estimate of drug-likeness (QED) is 0.851. The van der Waals surface area contributed by atoms with E-state index < -0.39 is 5.91 Å². The number of para-hydroxylation sites is 1. The van der Waals surface area contributed by atoms with Gasteiger partial charge in [0, 0.05) is 13.1 Å². The van der Waals surface area contributed by atoms with Crippen LogP contribution in [0.2, 0.25) is 0 Å². The molecule has 0 spiro atoms. The molecule has 1 fully saturated rings. The minimum absolute atomic E-state index is 0.00476. The Kier molecular flexibility index (Phi) is 5.21. The smallest absolute Gasteiger partial charge is 0.260 e. The van der Waals surface area contributed by atoms with Crippen LogP contribution in [-0.2, 0) is 9.53 Å². The van der Waals surface area contributed by atoms with Crippen molar-refractivity contribution in [3.05, 3.63) is 23.8 Å². The van der Waals surface area contributed by atoms with Gasteiger partial charge in [-0.1, -0.05) is 6.07 Å². The summed E-state index contributed by atoms with van der Waals surface area (Å²) in [6.07, 6.45) is 0.00476. The van der Waals surface area contributed by atoms with Gasteiger partial charge in [-0.05, 0) is 19.1 Å². The number of nitrogens with two attached hydrogens (primary N) is 1. The average molecular weight is 308 g/mol. The van der Waals surface area contributed by atoms with Gasteiger partial charge in [0.25, 0.3) is 11.8 Å². The van der Waals surface area contributed by atoms with Gasteiger partial charge in [-0.3, -0.25) is 9.59 Å². The number of primary amides is 1. The Morgan fingerprint density at radius 1 is 1.45 bits per heavy atom. The van der Waals surface area contributed by atoms with E-state index in [1.165, 1.54) is 13.2 Å². The Balaban J connectivity index is 2.07. The SMILES string of the molecule is COc1cccc(C(N)=O)c1OCC(=O)N1CCO[C@@H](C)C1. The second-order valence-electron chi connectivity index (χ2n) is 5.01. The Bertz CT molecular complexity index is 561. The number of ether oxygens (including phenoxy) is 3. The molecule has 0 aliphatic carbocycles. The summed E-state index contributed by atoms with van der Waals surface area (Å²) in [5, 5.41) is 0. The third kappa shape index (κ3) is 3.67. The zero-order valence-corrected chi connectivity index (χ0v) is 12.7. The maximum atomic E-state index is 12.2. The molecular weight excluding hydrogens is 288 g/mol. The number of methoxy groups -OCH3 is 1. The summed E-state index contributed by atoms with van der Waals surface area (Å²) in [5.74, 6) is -0.260. The third-order valence-electron chi connectivity index (χ3n) is 3.40. The number of carbonyl (C=O) groups excluding carboxylic acids is 2. The molecule has 7 nitrogen and oxygen atoms in total. The van der Waals surface area contributed by atoms with E-state index in [0.717, 1.165) is 0 Å². The number of hydrogen-bond donors (Lipinski definition) is 1. The number of morpholine rings is 1. The zero-order valence-electron chi connectivity index (χ0n) is 12.7. The zero-order chi connectivity index (χ0) is 16.1. The molecule has 2 N–H and O–H groups in total. The highest BCUT2D eigenvalue weighted by atomic mass is 16.5. The summed E-state index contributed by atoms with van der Waals surface area (Å²) in [5.41, 5.74) is 5.50. The molecule has 2 amide bonds. The average Bonchev–Trinajstić information content (AvgIpc) is 2.52. The molecular formula is C15H20N2O5. The topological polar surface area (TPSA) is 91.1 Å². The number of amides is 2. The van der Waals surface area contributed by atoms with Gasteiger partial charge >= 0.3 is 0 Å². The van der Waals surface area contributed by atoms with Gasteiger partial charge in [-0.2, -0.15) is 0 Å². The van der Waals surface area contributed by atoms with Gasteiger partial charge in [0.05, 0.1) is 25.4 Å². The van der Waals surface area contributed by atoms with Crippen molar-refractivity contribution < 1.29 is 23.8 Å². The number of nitrogens with zero attached hydrogens (tertiary/aromatic N) is 1. The molecule has 1 aliphatic rings. The molecule has 1 aromatic carbocycles. The second kappa shape index (κ2) is 7.13. The molecule has 22 heavy (non-hydrogen) atoms. The first kappa shape index (κ1) is 16.1. The van der Waals surface area contributed by atoms with E-state index in [1.54, 1.807) is 17.0 Å². The van der Waals surface area contributed by atoms with Crippen LogP contribution in [0.5, 0.6) is 11.5 Å². The first-order chi connectivity index (χ1) is 10.5. The molecule has 0 aromatic heterocycles. The first-order valence-corrected chi connectivity index (χ1v) is 7.02. The van der Waals surface area contributed by atoms with Gasteiger partial charge in [0.15, 0.2) is 18.1 Å². The molecule has 0 bridgehead atoms. The maximum Gasteiger partial charge on any atom is 0.260 e. The summed E-state index contributed by atoms with van der Waals surface area (Å²) in [4.78, 5) is 25.3. The molecule has 1 atom stereocenters. The van der Waals surface area contributed by atoms with Crippen LogP contribution in [0.15, 0.2) is 18.2 Å². The summed E-state index contributed by atoms with van der Waals surface area (Å²) >= 11 is 0.